The topological polar surface area (TPSA) is 247 Å². The van der Waals surface area contributed by atoms with Crippen LogP contribution in [0.25, 0.3) is 22.1 Å². The maximum absolute atomic E-state index is 13.8. The first-order valence-electron chi connectivity index (χ1n) is 20.5. The van der Waals surface area contributed by atoms with Crippen LogP contribution in [0.3, 0.4) is 0 Å². The molecule has 20 nitrogen and oxygen atoms in total. The Labute approximate surface area is 355 Å². The zero-order valence-electron chi connectivity index (χ0n) is 35.0. The number of allylic oxidation sites excluding steroid dienone is 2. The highest BCUT2D eigenvalue weighted by Gasteiger charge is 2.26. The van der Waals surface area contributed by atoms with Crippen LogP contribution in [0.15, 0.2) is 48.6 Å². The van der Waals surface area contributed by atoms with Gasteiger partial charge in [0, 0.05) is 62.9 Å². The first-order valence-corrected chi connectivity index (χ1v) is 20.5. The summed E-state index contributed by atoms with van der Waals surface area (Å²) in [6, 6.07) is 9.70. The van der Waals surface area contributed by atoms with Gasteiger partial charge in [-0.2, -0.15) is 10.2 Å². The summed E-state index contributed by atoms with van der Waals surface area (Å²) >= 11 is 0. The molecule has 0 saturated carbocycles. The van der Waals surface area contributed by atoms with Gasteiger partial charge in [0.2, 0.25) is 23.7 Å². The predicted molar refractivity (Wildman–Crippen MR) is 229 cm³/mol. The van der Waals surface area contributed by atoms with Gasteiger partial charge >= 0.3 is 0 Å². The van der Waals surface area contributed by atoms with E-state index in [0.29, 0.717) is 102 Å². The smallest absolute Gasteiger partial charge is 0.276 e. The van der Waals surface area contributed by atoms with Gasteiger partial charge in [0.05, 0.1) is 48.8 Å². The normalized spacial score (nSPS) is 15.7. The van der Waals surface area contributed by atoms with E-state index in [1.165, 1.54) is 0 Å². The van der Waals surface area contributed by atoms with E-state index in [1.54, 1.807) is 54.9 Å². The molecule has 0 atom stereocenters. The van der Waals surface area contributed by atoms with Crippen LogP contribution in [0.2, 0.25) is 0 Å². The zero-order chi connectivity index (χ0) is 43.7. The lowest BCUT2D eigenvalue weighted by Gasteiger charge is -2.30. The van der Waals surface area contributed by atoms with Crippen molar-refractivity contribution in [3.05, 3.63) is 82.5 Å². The van der Waals surface area contributed by atoms with Crippen LogP contribution in [0.4, 0.5) is 11.9 Å². The van der Waals surface area contributed by atoms with E-state index in [2.05, 4.69) is 25.7 Å². The Hall–Kier alpha value is -7.06. The number of nitrogens with two attached hydrogens (primary N) is 2. The fourth-order valence-corrected chi connectivity index (χ4v) is 7.86. The van der Waals surface area contributed by atoms with E-state index >= 15 is 0 Å². The second kappa shape index (κ2) is 17.5. The Morgan fingerprint density at radius 2 is 1.15 bits per heavy atom. The lowest BCUT2D eigenvalue weighted by atomic mass is 10.1. The fourth-order valence-electron chi connectivity index (χ4n) is 7.86. The van der Waals surface area contributed by atoms with Crippen LogP contribution in [0.5, 0.6) is 11.5 Å². The largest absolute Gasteiger partial charge is 0.491 e. The van der Waals surface area contributed by atoms with Crippen molar-refractivity contribution in [3.63, 3.8) is 0 Å². The van der Waals surface area contributed by atoms with Gasteiger partial charge in [-0.25, -0.2) is 9.97 Å². The number of nitrogens with zero attached hydrogens (tertiary/aromatic N) is 9. The van der Waals surface area contributed by atoms with Gasteiger partial charge in [0.1, 0.15) is 33.9 Å². The fraction of sp³-hybridized carbons (Fsp3) is 0.381. The maximum Gasteiger partial charge on any atom is 0.276 e. The van der Waals surface area contributed by atoms with Crippen molar-refractivity contribution in [2.24, 2.45) is 17.4 Å². The molecule has 6 N–H and O–H groups in total. The molecule has 0 radical (unpaired) electrons. The Morgan fingerprint density at radius 3 is 1.56 bits per heavy atom. The van der Waals surface area contributed by atoms with Crippen LogP contribution in [0.1, 0.15) is 66.9 Å². The van der Waals surface area contributed by atoms with Crippen LogP contribution >= 0.6 is 0 Å². The van der Waals surface area contributed by atoms with Gasteiger partial charge in [-0.15, -0.1) is 0 Å². The van der Waals surface area contributed by atoms with Gasteiger partial charge in [-0.1, -0.05) is 12.2 Å². The van der Waals surface area contributed by atoms with Crippen molar-refractivity contribution in [1.82, 2.24) is 43.6 Å². The third-order valence-electron chi connectivity index (χ3n) is 10.8. The molecule has 6 aromatic rings. The van der Waals surface area contributed by atoms with Crippen molar-refractivity contribution in [3.8, 4) is 11.5 Å². The molecule has 1 fully saturated rings. The molecule has 4 amide bonds. The third-order valence-corrected chi connectivity index (χ3v) is 10.8. The Kier molecular flexibility index (Phi) is 11.8. The number of anilines is 2. The van der Waals surface area contributed by atoms with Crippen molar-refractivity contribution >= 4 is 57.6 Å². The molecule has 324 valence electrons. The highest BCUT2D eigenvalue weighted by molar-refractivity contribution is 6.05. The first-order chi connectivity index (χ1) is 29.9. The molecule has 4 aromatic heterocycles. The van der Waals surface area contributed by atoms with Crippen LogP contribution in [-0.2, 0) is 30.9 Å². The number of benzene rings is 2. The van der Waals surface area contributed by atoms with Gasteiger partial charge in [-0.05, 0) is 64.1 Å². The number of amides is 4. The number of primary amides is 2. The molecule has 2 aliphatic rings. The van der Waals surface area contributed by atoms with Gasteiger partial charge in [0.25, 0.3) is 11.8 Å². The second-order valence-electron chi connectivity index (χ2n) is 15.3. The molecule has 62 heavy (non-hydrogen) atoms. The van der Waals surface area contributed by atoms with E-state index in [4.69, 9.17) is 35.6 Å². The number of imidazole rings is 2. The molecule has 20 heteroatoms. The van der Waals surface area contributed by atoms with E-state index < -0.39 is 23.6 Å². The molecule has 0 spiro atoms. The number of ether oxygens (including phenoxy) is 3. The molecule has 2 aliphatic heterocycles. The summed E-state index contributed by atoms with van der Waals surface area (Å²) in [7, 11) is 0. The summed E-state index contributed by atoms with van der Waals surface area (Å²) < 4.78 is 25.7. The summed E-state index contributed by atoms with van der Waals surface area (Å²) in [6.07, 6.45) is 3.74. The quantitative estimate of drug-likeness (QED) is 0.145. The summed E-state index contributed by atoms with van der Waals surface area (Å²) in [5, 5.41) is 14.8. The van der Waals surface area contributed by atoms with Gasteiger partial charge in [0.15, 0.2) is 0 Å². The van der Waals surface area contributed by atoms with Crippen LogP contribution in [0, 0.1) is 19.8 Å². The lowest BCUT2D eigenvalue weighted by molar-refractivity contribution is 0.0215. The SMILES string of the molecule is CCn1nc(C)cc1C(=O)Nc1nc2cc(C(N)=O)cc3c2n1C/C=C/Cn1c(NC(=O)c2cc(C)nn2CC)nc2cc(C(N)=O)cc(c21)OCC(CN1CCOCC1)CO3. The molecule has 0 aliphatic carbocycles. The maximum atomic E-state index is 13.8. The molecule has 6 heterocycles. The number of aryl methyl sites for hydroxylation is 4. The van der Waals surface area contributed by atoms with Crippen molar-refractivity contribution in [1.29, 1.82) is 0 Å². The van der Waals surface area contributed by atoms with E-state index in [1.807, 2.05) is 39.8 Å². The Bertz CT molecular complexity index is 2560. The monoisotopic (exact) mass is 847 g/mol. The average Bonchev–Trinajstić information content (AvgIpc) is 4.02. The van der Waals surface area contributed by atoms with Gasteiger partial charge < -0.3 is 34.8 Å². The summed E-state index contributed by atoms with van der Waals surface area (Å²) in [4.78, 5) is 64.9. The average molecular weight is 848 g/mol. The molecule has 0 unspecified atom stereocenters. The molecule has 2 aromatic carbocycles. The predicted octanol–water partition coefficient (Wildman–Crippen LogP) is 3.11. The van der Waals surface area contributed by atoms with E-state index in [9.17, 15) is 19.2 Å². The molecular weight excluding hydrogens is 799 g/mol. The second-order valence-corrected chi connectivity index (χ2v) is 15.3. The summed E-state index contributed by atoms with van der Waals surface area (Å²) in [6.45, 7) is 12.1. The molecule has 0 bridgehead atoms. The number of carbonyl (C=O) groups excluding carboxylic acids is 4. The molecule has 8 rings (SSSR count). The third kappa shape index (κ3) is 8.46. The Balaban J connectivity index is 1.26. The molecule has 1 saturated heterocycles. The standard InChI is InChI=1S/C42H49N13O7/c1-5-54-31(15-24(3)49-54)39(58)47-41-45-29-17-27(37(43)56)19-33-35(29)52(41)9-7-8-10-53-36-30(46-42(53)48-40(59)32-16-25(4)50-55(32)6-2)18-28(38(44)57)20-34(36)62-23-26(22-61-33)21-51-11-13-60-14-12-51/h7-8,15-20,26H,5-6,9-14,21-23H2,1-4H3,(H2,43,56)(H2,44,57)(H,45,47,58)(H,46,48,59)/b8-7+. The number of carbonyl (C=O) groups is 4. The number of hydrogen-bond donors (Lipinski definition) is 4. The van der Waals surface area contributed by atoms with E-state index in [-0.39, 0.29) is 55.2 Å². The number of nitrogens with one attached hydrogen (secondary N) is 2. The minimum atomic E-state index is -0.677. The minimum absolute atomic E-state index is 0.121. The van der Waals surface area contributed by atoms with Crippen molar-refractivity contribution in [2.75, 3.05) is 56.7 Å². The first kappa shape index (κ1) is 41.7. The van der Waals surface area contributed by atoms with Crippen LogP contribution in [-0.4, -0.2) is 113 Å². The number of rotatable bonds is 10. The van der Waals surface area contributed by atoms with Crippen LogP contribution < -0.4 is 31.6 Å². The highest BCUT2D eigenvalue weighted by atomic mass is 16.5. The van der Waals surface area contributed by atoms with Gasteiger partial charge in [-0.3, -0.25) is 44.1 Å². The Morgan fingerprint density at radius 1 is 0.694 bits per heavy atom. The number of aromatic nitrogens is 8. The number of hydrogen-bond acceptors (Lipinski definition) is 12. The summed E-state index contributed by atoms with van der Waals surface area (Å²) in [5.41, 5.74) is 15.9. The minimum Gasteiger partial charge on any atom is -0.491 e. The lowest BCUT2D eigenvalue weighted by Crippen LogP contribution is -2.42. The molecular formula is C42H49N13O7. The number of morpholine rings is 1. The summed E-state index contributed by atoms with van der Waals surface area (Å²) in [5.74, 6) is -1.43. The van der Waals surface area contributed by atoms with E-state index in [0.717, 1.165) is 0 Å². The van der Waals surface area contributed by atoms with Crippen molar-refractivity contribution < 1.29 is 33.4 Å². The van der Waals surface area contributed by atoms with Crippen molar-refractivity contribution in [2.45, 2.75) is 53.9 Å². The highest BCUT2D eigenvalue weighted by Crippen LogP contribution is 2.34. The zero-order valence-corrected chi connectivity index (χ0v) is 35.0.